The van der Waals surface area contributed by atoms with E-state index in [0.717, 1.165) is 17.7 Å². The third kappa shape index (κ3) is 2.68. The van der Waals surface area contributed by atoms with E-state index in [0.29, 0.717) is 16.5 Å². The number of rotatable bonds is 4. The van der Waals surface area contributed by atoms with Crippen molar-refractivity contribution in [1.29, 1.82) is 0 Å². The van der Waals surface area contributed by atoms with Crippen LogP contribution in [0.1, 0.15) is 18.1 Å². The molecule has 0 unspecified atom stereocenters. The number of aromatic nitrogens is 2. The van der Waals surface area contributed by atoms with Crippen molar-refractivity contribution >= 4 is 17.2 Å². The zero-order valence-electron chi connectivity index (χ0n) is 10.4. The van der Waals surface area contributed by atoms with Gasteiger partial charge in [0.05, 0.1) is 18.0 Å². The Balaban J connectivity index is 2.30. The van der Waals surface area contributed by atoms with Gasteiger partial charge in [0.25, 0.3) is 0 Å². The second-order valence-electron chi connectivity index (χ2n) is 4.00. The Morgan fingerprint density at radius 2 is 2.28 bits per heavy atom. The van der Waals surface area contributed by atoms with E-state index in [1.54, 1.807) is 10.9 Å². The summed E-state index contributed by atoms with van der Waals surface area (Å²) in [7, 11) is 0. The second kappa shape index (κ2) is 5.18. The molecule has 0 saturated carbocycles. The summed E-state index contributed by atoms with van der Waals surface area (Å²) in [6.45, 7) is 4.81. The molecule has 0 atom stereocenters. The number of nitrogens with two attached hydrogens (primary N) is 1. The molecule has 0 bridgehead atoms. The topological polar surface area (TPSA) is 53.1 Å². The minimum Gasteiger partial charge on any atom is -0.453 e. The van der Waals surface area contributed by atoms with E-state index < -0.39 is 0 Å². The van der Waals surface area contributed by atoms with Crippen molar-refractivity contribution in [3.8, 4) is 11.5 Å². The fourth-order valence-electron chi connectivity index (χ4n) is 1.62. The Hall–Kier alpha value is -1.88. The largest absolute Gasteiger partial charge is 0.453 e. The lowest BCUT2D eigenvalue weighted by atomic mass is 10.1. The van der Waals surface area contributed by atoms with E-state index in [1.165, 1.54) is 0 Å². The van der Waals surface area contributed by atoms with Crippen LogP contribution >= 0.6 is 12.2 Å². The average Bonchev–Trinajstić information content (AvgIpc) is 2.79. The van der Waals surface area contributed by atoms with E-state index >= 15 is 0 Å². The highest BCUT2D eigenvalue weighted by atomic mass is 32.1. The van der Waals surface area contributed by atoms with Crippen LogP contribution in [0.3, 0.4) is 0 Å². The molecule has 1 aromatic heterocycles. The molecule has 2 rings (SSSR count). The van der Waals surface area contributed by atoms with Gasteiger partial charge in [0.2, 0.25) is 0 Å². The molecule has 0 saturated heterocycles. The van der Waals surface area contributed by atoms with E-state index in [1.807, 2.05) is 38.2 Å². The van der Waals surface area contributed by atoms with Crippen molar-refractivity contribution in [2.24, 2.45) is 5.73 Å². The molecule has 0 aliphatic heterocycles. The monoisotopic (exact) mass is 261 g/mol. The molecule has 0 radical (unpaired) electrons. The summed E-state index contributed by atoms with van der Waals surface area (Å²) < 4.78 is 7.55. The Labute approximate surface area is 111 Å². The van der Waals surface area contributed by atoms with Gasteiger partial charge in [-0.25, -0.2) is 0 Å². The first-order valence-corrected chi connectivity index (χ1v) is 6.11. The highest BCUT2D eigenvalue weighted by molar-refractivity contribution is 7.80. The maximum absolute atomic E-state index is 5.76. The van der Waals surface area contributed by atoms with Crippen LogP contribution in [-0.4, -0.2) is 14.8 Å². The predicted octanol–water partition coefficient (Wildman–Crippen LogP) is 2.64. The Morgan fingerprint density at radius 3 is 2.89 bits per heavy atom. The molecule has 94 valence electrons. The number of nitrogens with zero attached hydrogens (tertiary/aromatic N) is 2. The SMILES string of the molecule is CCn1cc(Oc2ccc(C)cc2C(N)=S)cn1. The zero-order chi connectivity index (χ0) is 13.1. The molecule has 1 aromatic carbocycles. The molecule has 4 nitrogen and oxygen atoms in total. The van der Waals surface area contributed by atoms with Gasteiger partial charge in [0, 0.05) is 6.54 Å². The first-order chi connectivity index (χ1) is 8.60. The summed E-state index contributed by atoms with van der Waals surface area (Å²) >= 11 is 5.03. The molecule has 0 aliphatic carbocycles. The van der Waals surface area contributed by atoms with Crippen molar-refractivity contribution in [2.45, 2.75) is 20.4 Å². The number of hydrogen-bond acceptors (Lipinski definition) is 3. The summed E-state index contributed by atoms with van der Waals surface area (Å²) in [5.74, 6) is 1.34. The smallest absolute Gasteiger partial charge is 0.165 e. The molecule has 0 spiro atoms. The predicted molar refractivity (Wildman–Crippen MR) is 75.0 cm³/mol. The Morgan fingerprint density at radius 1 is 1.50 bits per heavy atom. The summed E-state index contributed by atoms with van der Waals surface area (Å²) in [5.41, 5.74) is 7.54. The van der Waals surface area contributed by atoms with Gasteiger partial charge in [-0.3, -0.25) is 4.68 Å². The quantitative estimate of drug-likeness (QED) is 0.860. The molecule has 0 aliphatic rings. The average molecular weight is 261 g/mol. The van der Waals surface area contributed by atoms with Crippen LogP contribution in [0.15, 0.2) is 30.6 Å². The van der Waals surface area contributed by atoms with Crippen molar-refractivity contribution < 1.29 is 4.74 Å². The molecule has 5 heteroatoms. The van der Waals surface area contributed by atoms with Crippen LogP contribution in [0.5, 0.6) is 11.5 Å². The van der Waals surface area contributed by atoms with E-state index in [-0.39, 0.29) is 0 Å². The third-order valence-corrected chi connectivity index (χ3v) is 2.78. The van der Waals surface area contributed by atoms with Crippen molar-refractivity contribution in [2.75, 3.05) is 0 Å². The summed E-state index contributed by atoms with van der Waals surface area (Å²) in [6.07, 6.45) is 3.51. The lowest BCUT2D eigenvalue weighted by Gasteiger charge is -2.09. The van der Waals surface area contributed by atoms with Crippen LogP contribution in [-0.2, 0) is 6.54 Å². The molecular formula is C13H15N3OS. The third-order valence-electron chi connectivity index (χ3n) is 2.56. The minimum absolute atomic E-state index is 0.330. The number of aryl methyl sites for hydroxylation is 2. The number of hydrogen-bond donors (Lipinski definition) is 1. The first kappa shape index (κ1) is 12.6. The van der Waals surface area contributed by atoms with Gasteiger partial charge in [-0.2, -0.15) is 5.10 Å². The van der Waals surface area contributed by atoms with E-state index in [2.05, 4.69) is 5.10 Å². The molecular weight excluding hydrogens is 246 g/mol. The Kier molecular flexibility index (Phi) is 3.62. The minimum atomic E-state index is 0.330. The van der Waals surface area contributed by atoms with Gasteiger partial charge >= 0.3 is 0 Å². The molecule has 2 aromatic rings. The number of ether oxygens (including phenoxy) is 1. The van der Waals surface area contributed by atoms with Gasteiger partial charge < -0.3 is 10.5 Å². The van der Waals surface area contributed by atoms with Crippen molar-refractivity contribution in [3.05, 3.63) is 41.7 Å². The molecule has 2 N–H and O–H groups in total. The zero-order valence-corrected chi connectivity index (χ0v) is 11.2. The lowest BCUT2D eigenvalue weighted by molar-refractivity contribution is 0.480. The number of thiocarbonyl (C=S) groups is 1. The Bertz CT molecular complexity index is 577. The standard InChI is InChI=1S/C13H15N3OS/c1-3-16-8-10(7-15-16)17-12-5-4-9(2)6-11(12)13(14)18/h4-8H,3H2,1-2H3,(H2,14,18). The van der Waals surface area contributed by atoms with Crippen molar-refractivity contribution in [3.63, 3.8) is 0 Å². The van der Waals surface area contributed by atoms with E-state index in [4.69, 9.17) is 22.7 Å². The lowest BCUT2D eigenvalue weighted by Crippen LogP contribution is -2.11. The van der Waals surface area contributed by atoms with Crippen LogP contribution in [0.2, 0.25) is 0 Å². The first-order valence-electron chi connectivity index (χ1n) is 5.71. The second-order valence-corrected chi connectivity index (χ2v) is 4.44. The maximum atomic E-state index is 5.76. The van der Waals surface area contributed by atoms with Gasteiger partial charge in [-0.15, -0.1) is 0 Å². The van der Waals surface area contributed by atoms with Crippen molar-refractivity contribution in [1.82, 2.24) is 9.78 Å². The normalized spacial score (nSPS) is 10.3. The highest BCUT2D eigenvalue weighted by Gasteiger charge is 2.09. The van der Waals surface area contributed by atoms with Crippen LogP contribution in [0, 0.1) is 6.92 Å². The molecule has 1 heterocycles. The van der Waals surface area contributed by atoms with Gasteiger partial charge in [-0.05, 0) is 26.0 Å². The van der Waals surface area contributed by atoms with Crippen LogP contribution in [0.4, 0.5) is 0 Å². The van der Waals surface area contributed by atoms with Gasteiger partial charge in [0.15, 0.2) is 5.75 Å². The van der Waals surface area contributed by atoms with Gasteiger partial charge in [0.1, 0.15) is 10.7 Å². The fraction of sp³-hybridized carbons (Fsp3) is 0.231. The summed E-state index contributed by atoms with van der Waals surface area (Å²) in [4.78, 5) is 0.330. The highest BCUT2D eigenvalue weighted by Crippen LogP contribution is 2.25. The summed E-state index contributed by atoms with van der Waals surface area (Å²) in [5, 5.41) is 4.15. The van der Waals surface area contributed by atoms with Gasteiger partial charge in [-0.1, -0.05) is 23.8 Å². The maximum Gasteiger partial charge on any atom is 0.165 e. The van der Waals surface area contributed by atoms with Crippen LogP contribution < -0.4 is 10.5 Å². The van der Waals surface area contributed by atoms with E-state index in [9.17, 15) is 0 Å². The molecule has 0 amide bonds. The fourth-order valence-corrected chi connectivity index (χ4v) is 1.78. The summed E-state index contributed by atoms with van der Waals surface area (Å²) in [6, 6.07) is 5.75. The number of benzene rings is 1. The molecule has 0 fully saturated rings. The molecule has 18 heavy (non-hydrogen) atoms. The van der Waals surface area contributed by atoms with Crippen LogP contribution in [0.25, 0.3) is 0 Å².